The van der Waals surface area contributed by atoms with Gasteiger partial charge in [0.1, 0.15) is 17.9 Å². The molecule has 1 heterocycles. The fourth-order valence-electron chi connectivity index (χ4n) is 1.64. The summed E-state index contributed by atoms with van der Waals surface area (Å²) in [4.78, 5) is 34.3. The molecule has 0 spiro atoms. The minimum atomic E-state index is -0.864. The first-order valence-corrected chi connectivity index (χ1v) is 6.13. The molecule has 21 heavy (non-hydrogen) atoms. The van der Waals surface area contributed by atoms with E-state index in [1.54, 1.807) is 12.1 Å². The number of rotatable bonds is 3. The number of ether oxygens (including phenoxy) is 1. The van der Waals surface area contributed by atoms with Gasteiger partial charge in [0.05, 0.1) is 0 Å². The third-order valence-corrected chi connectivity index (χ3v) is 2.76. The minimum absolute atomic E-state index is 0.0225. The van der Waals surface area contributed by atoms with Crippen LogP contribution in [0.25, 0.3) is 6.08 Å². The van der Waals surface area contributed by atoms with Crippen LogP contribution in [0.15, 0.2) is 23.8 Å². The van der Waals surface area contributed by atoms with E-state index in [2.05, 4.69) is 5.92 Å². The standard InChI is InChI=1S/C14H9ClN2O4/c1-2-5-21-11-4-3-9(15)6-8(11)7-10-12(18)16-14(20)17-13(10)19/h1,3-4,6-7H,5H2,(H2,16,17,18,19,20). The smallest absolute Gasteiger partial charge is 0.328 e. The van der Waals surface area contributed by atoms with Gasteiger partial charge < -0.3 is 4.74 Å². The molecule has 0 aromatic heterocycles. The zero-order valence-electron chi connectivity index (χ0n) is 10.6. The molecule has 0 unspecified atom stereocenters. The summed E-state index contributed by atoms with van der Waals surface area (Å²) < 4.78 is 5.30. The average molecular weight is 305 g/mol. The van der Waals surface area contributed by atoms with Crippen LogP contribution in [0.4, 0.5) is 4.79 Å². The van der Waals surface area contributed by atoms with Crippen molar-refractivity contribution in [1.29, 1.82) is 0 Å². The molecule has 7 heteroatoms. The number of halogens is 1. The molecule has 2 N–H and O–H groups in total. The fourth-order valence-corrected chi connectivity index (χ4v) is 1.83. The second-order valence-corrected chi connectivity index (χ2v) is 4.41. The first kappa shape index (κ1) is 14.6. The van der Waals surface area contributed by atoms with Crippen molar-refractivity contribution < 1.29 is 19.1 Å². The van der Waals surface area contributed by atoms with Crippen molar-refractivity contribution in [2.24, 2.45) is 0 Å². The summed E-state index contributed by atoms with van der Waals surface area (Å²) in [6.07, 6.45) is 6.39. The Morgan fingerprint density at radius 3 is 2.52 bits per heavy atom. The third kappa shape index (κ3) is 3.41. The number of terminal acetylenes is 1. The van der Waals surface area contributed by atoms with Gasteiger partial charge >= 0.3 is 6.03 Å². The molecule has 4 amide bonds. The normalized spacial score (nSPS) is 14.1. The van der Waals surface area contributed by atoms with Crippen molar-refractivity contribution in [2.75, 3.05) is 6.61 Å². The zero-order valence-corrected chi connectivity index (χ0v) is 11.4. The van der Waals surface area contributed by atoms with Gasteiger partial charge in [0.2, 0.25) is 0 Å². The number of benzene rings is 1. The Morgan fingerprint density at radius 1 is 1.24 bits per heavy atom. The van der Waals surface area contributed by atoms with E-state index in [-0.39, 0.29) is 12.2 Å². The maximum atomic E-state index is 11.7. The predicted molar refractivity (Wildman–Crippen MR) is 75.4 cm³/mol. The molecular formula is C14H9ClN2O4. The van der Waals surface area contributed by atoms with Gasteiger partial charge in [0.15, 0.2) is 0 Å². The van der Waals surface area contributed by atoms with Crippen LogP contribution in [0, 0.1) is 12.3 Å². The van der Waals surface area contributed by atoms with Gasteiger partial charge in [-0.15, -0.1) is 6.42 Å². The molecule has 1 aliphatic rings. The van der Waals surface area contributed by atoms with Crippen molar-refractivity contribution in [1.82, 2.24) is 10.6 Å². The highest BCUT2D eigenvalue weighted by atomic mass is 35.5. The van der Waals surface area contributed by atoms with Crippen LogP contribution < -0.4 is 15.4 Å². The summed E-state index contributed by atoms with van der Waals surface area (Å²) in [5.74, 6) is 1.07. The molecule has 0 atom stereocenters. The molecule has 1 saturated heterocycles. The van der Waals surface area contributed by atoms with Crippen molar-refractivity contribution in [3.63, 3.8) is 0 Å². The van der Waals surface area contributed by atoms with Gasteiger partial charge in [-0.2, -0.15) is 0 Å². The highest BCUT2D eigenvalue weighted by Crippen LogP contribution is 2.25. The van der Waals surface area contributed by atoms with E-state index in [4.69, 9.17) is 22.8 Å². The Balaban J connectivity index is 2.41. The third-order valence-electron chi connectivity index (χ3n) is 2.53. The quantitative estimate of drug-likeness (QED) is 0.497. The highest BCUT2D eigenvalue weighted by molar-refractivity contribution is 6.32. The molecule has 6 nitrogen and oxygen atoms in total. The topological polar surface area (TPSA) is 84.5 Å². The van der Waals surface area contributed by atoms with E-state index in [9.17, 15) is 14.4 Å². The number of hydrogen-bond donors (Lipinski definition) is 2. The maximum Gasteiger partial charge on any atom is 0.328 e. The molecule has 0 saturated carbocycles. The lowest BCUT2D eigenvalue weighted by atomic mass is 10.1. The Hall–Kier alpha value is -2.78. The van der Waals surface area contributed by atoms with Crippen LogP contribution in [0.2, 0.25) is 5.02 Å². The number of urea groups is 1. The summed E-state index contributed by atoms with van der Waals surface area (Å²) in [7, 11) is 0. The summed E-state index contributed by atoms with van der Waals surface area (Å²) in [5.41, 5.74) is 0.162. The highest BCUT2D eigenvalue weighted by Gasteiger charge is 2.28. The van der Waals surface area contributed by atoms with E-state index in [0.717, 1.165) is 0 Å². The molecular weight excluding hydrogens is 296 g/mol. The second-order valence-electron chi connectivity index (χ2n) is 3.97. The van der Waals surface area contributed by atoms with Gasteiger partial charge in [-0.05, 0) is 24.3 Å². The van der Waals surface area contributed by atoms with Crippen LogP contribution in [-0.4, -0.2) is 24.5 Å². The molecule has 0 bridgehead atoms. The van der Waals surface area contributed by atoms with Gasteiger partial charge in [0, 0.05) is 10.6 Å². The lowest BCUT2D eigenvalue weighted by Gasteiger charge is -2.14. The van der Waals surface area contributed by atoms with Crippen LogP contribution in [0.1, 0.15) is 5.56 Å². The zero-order chi connectivity index (χ0) is 15.4. The number of imide groups is 2. The SMILES string of the molecule is C#CCOc1ccc(Cl)cc1C=C1C(=O)NC(=O)NC1=O. The first-order chi connectivity index (χ1) is 10.0. The number of amides is 4. The lowest BCUT2D eigenvalue weighted by molar-refractivity contribution is -0.123. The Kier molecular flexibility index (Phi) is 4.26. The molecule has 1 aromatic carbocycles. The van der Waals surface area contributed by atoms with E-state index >= 15 is 0 Å². The predicted octanol–water partition coefficient (Wildman–Crippen LogP) is 1.10. The number of carbonyl (C=O) groups excluding carboxylic acids is 3. The van der Waals surface area contributed by atoms with Gasteiger partial charge in [-0.1, -0.05) is 17.5 Å². The number of carbonyl (C=O) groups is 3. The van der Waals surface area contributed by atoms with Crippen LogP contribution in [-0.2, 0) is 9.59 Å². The van der Waals surface area contributed by atoms with E-state index < -0.39 is 17.8 Å². The minimum Gasteiger partial charge on any atom is -0.480 e. The van der Waals surface area contributed by atoms with Gasteiger partial charge in [0.25, 0.3) is 11.8 Å². The van der Waals surface area contributed by atoms with Crippen LogP contribution >= 0.6 is 11.6 Å². The van der Waals surface area contributed by atoms with Gasteiger partial charge in [-0.25, -0.2) is 4.79 Å². The second kappa shape index (κ2) is 6.11. The van der Waals surface area contributed by atoms with Crippen LogP contribution in [0.3, 0.4) is 0 Å². The number of hydrogen-bond acceptors (Lipinski definition) is 4. The Morgan fingerprint density at radius 2 is 1.90 bits per heavy atom. The molecule has 1 fully saturated rings. The number of nitrogens with one attached hydrogen (secondary N) is 2. The van der Waals surface area contributed by atoms with E-state index in [1.165, 1.54) is 12.1 Å². The molecule has 2 rings (SSSR count). The Labute approximate surface area is 125 Å². The molecule has 0 radical (unpaired) electrons. The van der Waals surface area contributed by atoms with Crippen molar-refractivity contribution >= 4 is 35.5 Å². The lowest BCUT2D eigenvalue weighted by Crippen LogP contribution is -2.51. The molecule has 106 valence electrons. The summed E-state index contributed by atoms with van der Waals surface area (Å²) >= 11 is 5.88. The van der Waals surface area contributed by atoms with E-state index in [1.807, 2.05) is 10.6 Å². The summed E-state index contributed by atoms with van der Waals surface area (Å²) in [5, 5.41) is 4.34. The number of barbiturate groups is 1. The van der Waals surface area contributed by atoms with Crippen molar-refractivity contribution in [2.45, 2.75) is 0 Å². The van der Waals surface area contributed by atoms with Crippen LogP contribution in [0.5, 0.6) is 5.75 Å². The molecule has 1 aromatic rings. The molecule has 0 aliphatic carbocycles. The summed E-state index contributed by atoms with van der Waals surface area (Å²) in [6.45, 7) is 0.0225. The van der Waals surface area contributed by atoms with E-state index in [0.29, 0.717) is 16.3 Å². The maximum absolute atomic E-state index is 11.7. The Bertz CT molecular complexity index is 681. The first-order valence-electron chi connectivity index (χ1n) is 5.75. The molecule has 1 aliphatic heterocycles. The van der Waals surface area contributed by atoms with Gasteiger partial charge in [-0.3, -0.25) is 20.2 Å². The average Bonchev–Trinajstić information content (AvgIpc) is 2.42. The summed E-state index contributed by atoms with van der Waals surface area (Å²) in [6, 6.07) is 3.80. The van der Waals surface area contributed by atoms with Crippen molar-refractivity contribution in [3.05, 3.63) is 34.4 Å². The fraction of sp³-hybridized carbons (Fsp3) is 0.0714. The van der Waals surface area contributed by atoms with Crippen molar-refractivity contribution in [3.8, 4) is 18.1 Å². The largest absolute Gasteiger partial charge is 0.480 e. The monoisotopic (exact) mass is 304 g/mol.